The number of hydrogen-bond donors (Lipinski definition) is 1. The highest BCUT2D eigenvalue weighted by Gasteiger charge is 2.22. The maximum absolute atomic E-state index is 12.6. The van der Waals surface area contributed by atoms with E-state index in [0.717, 1.165) is 16.2 Å². The first-order chi connectivity index (χ1) is 16.4. The molecule has 0 saturated heterocycles. The fourth-order valence-corrected chi connectivity index (χ4v) is 5.01. The number of carbonyl (C=O) groups is 2. The lowest BCUT2D eigenvalue weighted by molar-refractivity contribution is -0.113. The number of hydrogen-bond acceptors (Lipinski definition) is 9. The fourth-order valence-electron chi connectivity index (χ4n) is 3.13. The number of amides is 1. The predicted molar refractivity (Wildman–Crippen MR) is 132 cm³/mol. The summed E-state index contributed by atoms with van der Waals surface area (Å²) in [6.45, 7) is 8.64. The summed E-state index contributed by atoms with van der Waals surface area (Å²) in [5.74, 6) is 1.56. The highest BCUT2D eigenvalue weighted by Crippen LogP contribution is 2.33. The van der Waals surface area contributed by atoms with Crippen molar-refractivity contribution in [1.29, 1.82) is 0 Å². The third-order valence-corrected chi connectivity index (χ3v) is 7.08. The second-order valence-corrected chi connectivity index (χ2v) is 9.32. The van der Waals surface area contributed by atoms with Crippen LogP contribution in [0.3, 0.4) is 0 Å². The molecule has 182 valence electrons. The highest BCUT2D eigenvalue weighted by atomic mass is 32.2. The molecule has 2 aromatic heterocycles. The van der Waals surface area contributed by atoms with E-state index in [1.54, 1.807) is 14.0 Å². The van der Waals surface area contributed by atoms with Gasteiger partial charge in [0, 0.05) is 11.4 Å². The average molecular weight is 505 g/mol. The predicted octanol–water partition coefficient (Wildman–Crippen LogP) is 4.47. The number of ether oxygens (including phenoxy) is 3. The van der Waals surface area contributed by atoms with E-state index < -0.39 is 5.97 Å². The summed E-state index contributed by atoms with van der Waals surface area (Å²) in [6, 6.07) is 7.29. The molecular weight excluding hydrogens is 476 g/mol. The Morgan fingerprint density at radius 2 is 1.82 bits per heavy atom. The Balaban J connectivity index is 1.61. The van der Waals surface area contributed by atoms with E-state index >= 15 is 0 Å². The van der Waals surface area contributed by atoms with Crippen LogP contribution >= 0.6 is 23.1 Å². The van der Waals surface area contributed by atoms with Crippen LogP contribution in [-0.2, 0) is 22.7 Å². The molecule has 0 fully saturated rings. The SMILES string of the molecule is CCOC(=O)c1c(NC(=O)CSc2nnc(COc3ccc(OC)cc3)n2CC)sc(C)c1C. The number of aryl methyl sites for hydroxylation is 1. The van der Waals surface area contributed by atoms with Gasteiger partial charge in [-0.05, 0) is 57.5 Å². The van der Waals surface area contributed by atoms with Gasteiger partial charge in [0.1, 0.15) is 23.1 Å². The number of thiophene rings is 1. The Morgan fingerprint density at radius 1 is 1.12 bits per heavy atom. The number of rotatable bonds is 11. The molecule has 1 aromatic carbocycles. The van der Waals surface area contributed by atoms with Crippen molar-refractivity contribution >= 4 is 40.0 Å². The van der Waals surface area contributed by atoms with E-state index in [9.17, 15) is 9.59 Å². The fraction of sp³-hybridized carbons (Fsp3) is 0.391. The van der Waals surface area contributed by atoms with E-state index in [-0.39, 0.29) is 24.9 Å². The van der Waals surface area contributed by atoms with Crippen molar-refractivity contribution in [1.82, 2.24) is 14.8 Å². The zero-order valence-corrected chi connectivity index (χ0v) is 21.5. The quantitative estimate of drug-likeness (QED) is 0.301. The molecule has 9 nitrogen and oxygen atoms in total. The Labute approximate surface area is 206 Å². The Hall–Kier alpha value is -3.05. The lowest BCUT2D eigenvalue weighted by atomic mass is 10.1. The van der Waals surface area contributed by atoms with Gasteiger partial charge in [-0.25, -0.2) is 4.79 Å². The first-order valence-electron chi connectivity index (χ1n) is 10.8. The number of nitrogens with one attached hydrogen (secondary N) is 1. The van der Waals surface area contributed by atoms with E-state index in [1.807, 2.05) is 49.6 Å². The van der Waals surface area contributed by atoms with E-state index in [4.69, 9.17) is 14.2 Å². The van der Waals surface area contributed by atoms with Crippen molar-refractivity contribution in [2.24, 2.45) is 0 Å². The number of aromatic nitrogens is 3. The van der Waals surface area contributed by atoms with Gasteiger partial charge < -0.3 is 24.1 Å². The van der Waals surface area contributed by atoms with E-state index in [2.05, 4.69) is 15.5 Å². The van der Waals surface area contributed by atoms with Gasteiger partial charge in [0.2, 0.25) is 5.91 Å². The molecule has 0 aliphatic heterocycles. The van der Waals surface area contributed by atoms with Crippen LogP contribution in [0.2, 0.25) is 0 Å². The summed E-state index contributed by atoms with van der Waals surface area (Å²) in [5.41, 5.74) is 1.23. The van der Waals surface area contributed by atoms with Crippen molar-refractivity contribution < 1.29 is 23.8 Å². The maximum Gasteiger partial charge on any atom is 0.341 e. The van der Waals surface area contributed by atoms with Crippen LogP contribution in [0.15, 0.2) is 29.4 Å². The third-order valence-electron chi connectivity index (χ3n) is 4.99. The molecule has 3 rings (SSSR count). The number of carbonyl (C=O) groups excluding carboxylic acids is 2. The summed E-state index contributed by atoms with van der Waals surface area (Å²) >= 11 is 2.64. The first kappa shape index (κ1) is 25.6. The largest absolute Gasteiger partial charge is 0.497 e. The molecule has 1 amide bonds. The summed E-state index contributed by atoms with van der Waals surface area (Å²) in [4.78, 5) is 25.9. The van der Waals surface area contributed by atoms with Crippen molar-refractivity contribution in [2.75, 3.05) is 24.8 Å². The van der Waals surface area contributed by atoms with Crippen LogP contribution in [0.4, 0.5) is 5.00 Å². The van der Waals surface area contributed by atoms with Crippen molar-refractivity contribution in [3.8, 4) is 11.5 Å². The van der Waals surface area contributed by atoms with Crippen molar-refractivity contribution in [2.45, 2.75) is 46.0 Å². The second kappa shape index (κ2) is 11.9. The number of anilines is 1. The molecule has 0 aliphatic carbocycles. The Kier molecular flexibility index (Phi) is 8.94. The minimum absolute atomic E-state index is 0.121. The smallest absolute Gasteiger partial charge is 0.341 e. The molecule has 0 bridgehead atoms. The van der Waals surface area contributed by atoms with Gasteiger partial charge in [-0.2, -0.15) is 0 Å². The van der Waals surface area contributed by atoms with Gasteiger partial charge >= 0.3 is 5.97 Å². The van der Waals surface area contributed by atoms with Gasteiger partial charge in [-0.15, -0.1) is 21.5 Å². The van der Waals surface area contributed by atoms with Crippen LogP contribution in [0.1, 0.15) is 40.5 Å². The summed E-state index contributed by atoms with van der Waals surface area (Å²) in [6.07, 6.45) is 0. The van der Waals surface area contributed by atoms with Crippen LogP contribution in [-0.4, -0.2) is 46.1 Å². The van der Waals surface area contributed by atoms with Gasteiger partial charge in [-0.1, -0.05) is 11.8 Å². The van der Waals surface area contributed by atoms with Crippen molar-refractivity contribution in [3.05, 3.63) is 46.1 Å². The summed E-state index contributed by atoms with van der Waals surface area (Å²) in [7, 11) is 1.61. The highest BCUT2D eigenvalue weighted by molar-refractivity contribution is 7.99. The molecule has 11 heteroatoms. The standard InChI is InChI=1S/C23H28N4O5S2/c1-6-27-18(12-32-17-10-8-16(30-5)9-11-17)25-26-23(27)33-13-19(28)24-21-20(22(29)31-7-2)14(3)15(4)34-21/h8-11H,6-7,12-13H2,1-5H3,(H,24,28). The molecule has 0 radical (unpaired) electrons. The van der Waals surface area contributed by atoms with Crippen LogP contribution in [0.5, 0.6) is 11.5 Å². The van der Waals surface area contributed by atoms with Crippen LogP contribution in [0, 0.1) is 13.8 Å². The minimum Gasteiger partial charge on any atom is -0.497 e. The lowest BCUT2D eigenvalue weighted by Crippen LogP contribution is -2.17. The molecule has 0 atom stereocenters. The molecular formula is C23H28N4O5S2. The van der Waals surface area contributed by atoms with Gasteiger partial charge in [0.15, 0.2) is 11.0 Å². The Bertz CT molecular complexity index is 1140. The van der Waals surface area contributed by atoms with Crippen molar-refractivity contribution in [3.63, 3.8) is 0 Å². The zero-order chi connectivity index (χ0) is 24.7. The number of methoxy groups -OCH3 is 1. The molecule has 0 spiro atoms. The minimum atomic E-state index is -0.431. The zero-order valence-electron chi connectivity index (χ0n) is 19.8. The third kappa shape index (κ3) is 6.09. The lowest BCUT2D eigenvalue weighted by Gasteiger charge is -2.10. The second-order valence-electron chi connectivity index (χ2n) is 7.15. The molecule has 3 aromatic rings. The number of thioether (sulfide) groups is 1. The van der Waals surface area contributed by atoms with Gasteiger partial charge in [0.05, 0.1) is 25.0 Å². The molecule has 0 aliphatic rings. The topological polar surface area (TPSA) is 105 Å². The number of nitrogens with zero attached hydrogens (tertiary/aromatic N) is 3. The van der Waals surface area contributed by atoms with Crippen LogP contribution < -0.4 is 14.8 Å². The number of benzene rings is 1. The molecule has 1 N–H and O–H groups in total. The molecule has 0 unspecified atom stereocenters. The van der Waals surface area contributed by atoms with Gasteiger partial charge in [-0.3, -0.25) is 4.79 Å². The van der Waals surface area contributed by atoms with E-state index in [1.165, 1.54) is 23.1 Å². The van der Waals surface area contributed by atoms with E-state index in [0.29, 0.717) is 33.8 Å². The number of esters is 1. The van der Waals surface area contributed by atoms with Crippen LogP contribution in [0.25, 0.3) is 0 Å². The monoisotopic (exact) mass is 504 g/mol. The average Bonchev–Trinajstić information content (AvgIpc) is 3.35. The maximum atomic E-state index is 12.6. The first-order valence-corrected chi connectivity index (χ1v) is 12.6. The molecule has 0 saturated carbocycles. The normalized spacial score (nSPS) is 10.7. The Morgan fingerprint density at radius 3 is 2.47 bits per heavy atom. The van der Waals surface area contributed by atoms with Gasteiger partial charge in [0.25, 0.3) is 0 Å². The molecule has 2 heterocycles. The summed E-state index contributed by atoms with van der Waals surface area (Å²) in [5, 5.41) is 12.4. The summed E-state index contributed by atoms with van der Waals surface area (Å²) < 4.78 is 18.0. The molecule has 34 heavy (non-hydrogen) atoms.